The summed E-state index contributed by atoms with van der Waals surface area (Å²) in [5.74, 6) is 0.784. The summed E-state index contributed by atoms with van der Waals surface area (Å²) in [6, 6.07) is 2.76. The first-order valence-electron chi connectivity index (χ1n) is 6.00. The maximum absolute atomic E-state index is 5.52. The Labute approximate surface area is 91.7 Å². The average Bonchev–Trinajstić information content (AvgIpc) is 2.95. The van der Waals surface area contributed by atoms with Gasteiger partial charge < -0.3 is 5.73 Å². The van der Waals surface area contributed by atoms with Crippen LogP contribution < -0.4 is 5.73 Å². The normalized spacial score (nSPS) is 16.3. The van der Waals surface area contributed by atoms with E-state index in [-0.39, 0.29) is 0 Å². The molecule has 3 nitrogen and oxygen atoms in total. The maximum atomic E-state index is 5.52. The van der Waals surface area contributed by atoms with Crippen LogP contribution >= 0.6 is 0 Å². The molecule has 0 bridgehead atoms. The number of nitrogens with two attached hydrogens (primary N) is 1. The molecule has 0 radical (unpaired) electrons. The van der Waals surface area contributed by atoms with Crippen molar-refractivity contribution in [3.63, 3.8) is 0 Å². The molecule has 15 heavy (non-hydrogen) atoms. The summed E-state index contributed by atoms with van der Waals surface area (Å²) in [4.78, 5) is 0. The Balaban J connectivity index is 2.15. The number of hydrogen-bond donors (Lipinski definition) is 1. The maximum Gasteiger partial charge on any atom is 0.0628 e. The van der Waals surface area contributed by atoms with Gasteiger partial charge in [0.1, 0.15) is 0 Å². The van der Waals surface area contributed by atoms with E-state index in [0.29, 0.717) is 6.04 Å². The van der Waals surface area contributed by atoms with Gasteiger partial charge in [0.15, 0.2) is 0 Å². The van der Waals surface area contributed by atoms with Gasteiger partial charge in [0.25, 0.3) is 0 Å². The summed E-state index contributed by atoms with van der Waals surface area (Å²) in [6.45, 7) is 5.16. The molecule has 84 valence electrons. The lowest BCUT2D eigenvalue weighted by atomic mass is 10.2. The summed E-state index contributed by atoms with van der Waals surface area (Å²) in [7, 11) is 0. The Morgan fingerprint density at radius 2 is 2.27 bits per heavy atom. The third-order valence-corrected chi connectivity index (χ3v) is 2.94. The summed E-state index contributed by atoms with van der Waals surface area (Å²) in [5, 5.41) is 4.67. The molecule has 2 rings (SSSR count). The Hall–Kier alpha value is -0.830. The third-order valence-electron chi connectivity index (χ3n) is 2.94. The Kier molecular flexibility index (Phi) is 3.10. The Bertz CT molecular complexity index is 304. The van der Waals surface area contributed by atoms with Gasteiger partial charge in [0.05, 0.1) is 5.69 Å². The van der Waals surface area contributed by atoms with E-state index in [1.165, 1.54) is 24.2 Å². The van der Waals surface area contributed by atoms with Crippen LogP contribution in [0.5, 0.6) is 0 Å². The summed E-state index contributed by atoms with van der Waals surface area (Å²) in [5.41, 5.74) is 8.18. The number of aryl methyl sites for hydroxylation is 1. The van der Waals surface area contributed by atoms with Crippen molar-refractivity contribution in [2.45, 2.75) is 51.5 Å². The van der Waals surface area contributed by atoms with Crippen molar-refractivity contribution in [2.24, 2.45) is 5.73 Å². The molecule has 0 saturated heterocycles. The van der Waals surface area contributed by atoms with Crippen LogP contribution in [0.15, 0.2) is 6.07 Å². The minimum absolute atomic E-state index is 0.479. The number of aromatic nitrogens is 2. The molecule has 0 amide bonds. The van der Waals surface area contributed by atoms with Crippen molar-refractivity contribution in [2.75, 3.05) is 6.54 Å². The summed E-state index contributed by atoms with van der Waals surface area (Å²) < 4.78 is 2.20. The molecular weight excluding hydrogens is 186 g/mol. The summed E-state index contributed by atoms with van der Waals surface area (Å²) >= 11 is 0. The second-order valence-corrected chi connectivity index (χ2v) is 4.77. The Morgan fingerprint density at radius 1 is 1.53 bits per heavy atom. The molecule has 0 aliphatic heterocycles. The second kappa shape index (κ2) is 4.35. The zero-order valence-corrected chi connectivity index (χ0v) is 9.74. The molecular formula is C12H21N3. The van der Waals surface area contributed by atoms with Crippen molar-refractivity contribution >= 4 is 0 Å². The van der Waals surface area contributed by atoms with E-state index in [2.05, 4.69) is 29.7 Å². The summed E-state index contributed by atoms with van der Waals surface area (Å²) in [6.07, 6.45) is 4.75. The fourth-order valence-corrected chi connectivity index (χ4v) is 1.96. The monoisotopic (exact) mass is 207 g/mol. The first-order chi connectivity index (χ1) is 7.22. The lowest BCUT2D eigenvalue weighted by Crippen LogP contribution is -2.07. The predicted octanol–water partition coefficient (Wildman–Crippen LogP) is 2.23. The quantitative estimate of drug-likeness (QED) is 0.804. The van der Waals surface area contributed by atoms with E-state index < -0.39 is 0 Å². The molecule has 1 fully saturated rings. The molecule has 1 aromatic rings. The molecule has 0 unspecified atom stereocenters. The fourth-order valence-electron chi connectivity index (χ4n) is 1.96. The van der Waals surface area contributed by atoms with Gasteiger partial charge >= 0.3 is 0 Å². The highest BCUT2D eigenvalue weighted by Gasteiger charge is 2.28. The van der Waals surface area contributed by atoms with Crippen molar-refractivity contribution in [3.8, 4) is 0 Å². The van der Waals surface area contributed by atoms with Crippen LogP contribution in [0.1, 0.15) is 56.5 Å². The van der Waals surface area contributed by atoms with E-state index in [1.807, 2.05) is 0 Å². The van der Waals surface area contributed by atoms with E-state index in [0.717, 1.165) is 25.3 Å². The minimum atomic E-state index is 0.479. The molecule has 1 saturated carbocycles. The van der Waals surface area contributed by atoms with E-state index >= 15 is 0 Å². The molecule has 1 aromatic heterocycles. The van der Waals surface area contributed by atoms with Gasteiger partial charge in [-0.05, 0) is 52.1 Å². The van der Waals surface area contributed by atoms with Gasteiger partial charge in [0.2, 0.25) is 0 Å². The Morgan fingerprint density at radius 3 is 2.80 bits per heavy atom. The van der Waals surface area contributed by atoms with Crippen molar-refractivity contribution < 1.29 is 0 Å². The van der Waals surface area contributed by atoms with Gasteiger partial charge in [-0.3, -0.25) is 4.68 Å². The molecule has 0 atom stereocenters. The van der Waals surface area contributed by atoms with Crippen molar-refractivity contribution in [3.05, 3.63) is 17.5 Å². The fraction of sp³-hybridized carbons (Fsp3) is 0.750. The first-order valence-corrected chi connectivity index (χ1v) is 6.00. The molecule has 1 aliphatic rings. The minimum Gasteiger partial charge on any atom is -0.330 e. The largest absolute Gasteiger partial charge is 0.330 e. The van der Waals surface area contributed by atoms with Gasteiger partial charge in [-0.25, -0.2) is 0 Å². The van der Waals surface area contributed by atoms with Gasteiger partial charge in [-0.1, -0.05) is 0 Å². The lowest BCUT2D eigenvalue weighted by Gasteiger charge is -2.09. The van der Waals surface area contributed by atoms with Crippen LogP contribution in [-0.2, 0) is 6.42 Å². The smallest absolute Gasteiger partial charge is 0.0628 e. The van der Waals surface area contributed by atoms with E-state index in [9.17, 15) is 0 Å². The molecule has 2 N–H and O–H groups in total. The zero-order valence-electron chi connectivity index (χ0n) is 9.74. The SMILES string of the molecule is CC(C)n1nc(CCCN)cc1C1CC1. The van der Waals surface area contributed by atoms with Crippen LogP contribution in [0, 0.1) is 0 Å². The average molecular weight is 207 g/mol. The predicted molar refractivity (Wildman–Crippen MR) is 62.0 cm³/mol. The van der Waals surface area contributed by atoms with Crippen LogP contribution in [0.2, 0.25) is 0 Å². The highest BCUT2D eigenvalue weighted by atomic mass is 15.3. The third kappa shape index (κ3) is 2.40. The van der Waals surface area contributed by atoms with Gasteiger partial charge in [-0.15, -0.1) is 0 Å². The molecule has 0 aromatic carbocycles. The number of rotatable bonds is 5. The van der Waals surface area contributed by atoms with E-state index in [1.54, 1.807) is 0 Å². The number of nitrogens with zero attached hydrogens (tertiary/aromatic N) is 2. The molecule has 0 spiro atoms. The first kappa shape index (κ1) is 10.7. The standard InChI is InChI=1S/C12H21N3/c1-9(2)15-12(10-5-6-10)8-11(14-15)4-3-7-13/h8-10H,3-7,13H2,1-2H3. The number of hydrogen-bond acceptors (Lipinski definition) is 2. The molecule has 1 aliphatic carbocycles. The molecule has 1 heterocycles. The van der Waals surface area contributed by atoms with Gasteiger partial charge in [0, 0.05) is 17.7 Å². The topological polar surface area (TPSA) is 43.8 Å². The van der Waals surface area contributed by atoms with Crippen LogP contribution in [0.25, 0.3) is 0 Å². The molecule has 3 heteroatoms. The van der Waals surface area contributed by atoms with Gasteiger partial charge in [-0.2, -0.15) is 5.10 Å². The lowest BCUT2D eigenvalue weighted by molar-refractivity contribution is 0.504. The van der Waals surface area contributed by atoms with E-state index in [4.69, 9.17) is 5.73 Å². The highest BCUT2D eigenvalue weighted by Crippen LogP contribution is 2.41. The van der Waals surface area contributed by atoms with Crippen LogP contribution in [0.4, 0.5) is 0 Å². The van der Waals surface area contributed by atoms with Crippen LogP contribution in [-0.4, -0.2) is 16.3 Å². The van der Waals surface area contributed by atoms with Crippen molar-refractivity contribution in [1.82, 2.24) is 9.78 Å². The van der Waals surface area contributed by atoms with Crippen LogP contribution in [0.3, 0.4) is 0 Å². The van der Waals surface area contributed by atoms with Crippen molar-refractivity contribution in [1.29, 1.82) is 0 Å². The zero-order chi connectivity index (χ0) is 10.8. The second-order valence-electron chi connectivity index (χ2n) is 4.77. The highest BCUT2D eigenvalue weighted by molar-refractivity contribution is 5.20.